The van der Waals surface area contributed by atoms with E-state index in [4.69, 9.17) is 5.73 Å². The highest BCUT2D eigenvalue weighted by Crippen LogP contribution is 2.11. The van der Waals surface area contributed by atoms with Crippen LogP contribution in [-0.4, -0.2) is 25.6 Å². The molecule has 15 heavy (non-hydrogen) atoms. The Bertz CT molecular complexity index is 340. The largest absolute Gasteiger partial charge is 0.754 e. The van der Waals surface area contributed by atoms with Crippen molar-refractivity contribution in [3.05, 3.63) is 11.3 Å². The highest BCUT2D eigenvalue weighted by molar-refractivity contribution is 5.46. The van der Waals surface area contributed by atoms with Gasteiger partial charge in [-0.25, -0.2) is 4.73 Å². The number of nitrogens with two attached hydrogens (primary N) is 1. The zero-order chi connectivity index (χ0) is 11.4. The minimum atomic E-state index is 0.146. The van der Waals surface area contributed by atoms with Gasteiger partial charge in [0, 0.05) is 14.1 Å². The van der Waals surface area contributed by atoms with Crippen molar-refractivity contribution in [3.63, 3.8) is 0 Å². The molecule has 1 heterocycles. The van der Waals surface area contributed by atoms with E-state index in [-0.39, 0.29) is 11.8 Å². The molecule has 0 unspecified atom stereocenters. The van der Waals surface area contributed by atoms with Crippen molar-refractivity contribution in [1.29, 1.82) is 0 Å². The van der Waals surface area contributed by atoms with Crippen LogP contribution in [0.1, 0.15) is 13.3 Å². The topological polar surface area (TPSA) is 81.1 Å². The van der Waals surface area contributed by atoms with Crippen LogP contribution in [0, 0.1) is 5.21 Å². The van der Waals surface area contributed by atoms with Gasteiger partial charge in [0.05, 0.1) is 12.6 Å². The second-order valence-electron chi connectivity index (χ2n) is 3.48. The Morgan fingerprint density at radius 2 is 2.27 bits per heavy atom. The van der Waals surface area contributed by atoms with Crippen LogP contribution in [0.15, 0.2) is 6.07 Å². The van der Waals surface area contributed by atoms with Crippen LogP contribution < -0.4 is 20.7 Å². The van der Waals surface area contributed by atoms with Crippen LogP contribution in [0.4, 0.5) is 17.6 Å². The molecule has 6 nitrogen and oxygen atoms in total. The molecule has 0 atom stereocenters. The average molecular weight is 211 g/mol. The van der Waals surface area contributed by atoms with Crippen molar-refractivity contribution in [2.75, 3.05) is 36.6 Å². The van der Waals surface area contributed by atoms with Crippen LogP contribution in [0.3, 0.4) is 0 Å². The normalized spacial score (nSPS) is 10.1. The number of nitrogen functional groups attached to an aromatic ring is 1. The fourth-order valence-corrected chi connectivity index (χ4v) is 1.08. The van der Waals surface area contributed by atoms with Gasteiger partial charge >= 0.3 is 5.95 Å². The van der Waals surface area contributed by atoms with Crippen LogP contribution in [0.5, 0.6) is 0 Å². The Balaban J connectivity index is 3.02. The molecule has 6 heteroatoms. The molecule has 0 fully saturated rings. The van der Waals surface area contributed by atoms with E-state index in [9.17, 15) is 5.21 Å². The standard InChI is InChI=1S/C9H17N5O/c1-4-5-11-9-12-8(13(2)3)6-7(10)14(9)15/h6H,4-5,10H2,1-3H3,(H,11,12). The zero-order valence-electron chi connectivity index (χ0n) is 9.32. The minimum Gasteiger partial charge on any atom is -0.754 e. The number of hydrogen-bond acceptors (Lipinski definition) is 5. The third-order valence-corrected chi connectivity index (χ3v) is 1.92. The molecule has 0 saturated carbocycles. The molecule has 3 N–H and O–H groups in total. The summed E-state index contributed by atoms with van der Waals surface area (Å²) in [6.45, 7) is 2.72. The second-order valence-corrected chi connectivity index (χ2v) is 3.48. The molecule has 0 saturated heterocycles. The van der Waals surface area contributed by atoms with Gasteiger partial charge in [-0.15, -0.1) is 0 Å². The lowest BCUT2D eigenvalue weighted by Crippen LogP contribution is -2.36. The van der Waals surface area contributed by atoms with Crippen molar-refractivity contribution in [1.82, 2.24) is 4.98 Å². The predicted molar refractivity (Wildman–Crippen MR) is 60.7 cm³/mol. The Hall–Kier alpha value is -1.72. The third kappa shape index (κ3) is 2.61. The van der Waals surface area contributed by atoms with Gasteiger partial charge in [0.15, 0.2) is 11.6 Å². The number of aromatic nitrogens is 2. The van der Waals surface area contributed by atoms with E-state index in [0.717, 1.165) is 6.42 Å². The van der Waals surface area contributed by atoms with Crippen LogP contribution >= 0.6 is 0 Å². The molecule has 0 aliphatic rings. The van der Waals surface area contributed by atoms with Gasteiger partial charge < -0.3 is 15.8 Å². The van der Waals surface area contributed by atoms with E-state index < -0.39 is 0 Å². The lowest BCUT2D eigenvalue weighted by Gasteiger charge is -2.16. The molecule has 1 aromatic heterocycles. The first kappa shape index (κ1) is 11.4. The highest BCUT2D eigenvalue weighted by atomic mass is 16.5. The molecule has 0 bridgehead atoms. The summed E-state index contributed by atoms with van der Waals surface area (Å²) >= 11 is 0. The lowest BCUT2D eigenvalue weighted by molar-refractivity contribution is -0.577. The second kappa shape index (κ2) is 4.68. The van der Waals surface area contributed by atoms with E-state index in [2.05, 4.69) is 10.3 Å². The van der Waals surface area contributed by atoms with E-state index in [1.807, 2.05) is 21.0 Å². The minimum absolute atomic E-state index is 0.146. The number of hydrogen-bond donors (Lipinski definition) is 2. The maximum absolute atomic E-state index is 11.5. The van der Waals surface area contributed by atoms with Crippen molar-refractivity contribution >= 4 is 17.6 Å². The first-order valence-electron chi connectivity index (χ1n) is 4.87. The number of rotatable bonds is 4. The van der Waals surface area contributed by atoms with Gasteiger partial charge in [-0.2, -0.15) is 0 Å². The average Bonchev–Trinajstić information content (AvgIpc) is 2.19. The predicted octanol–water partition coefficient (Wildman–Crippen LogP) is 0.185. The first-order valence-corrected chi connectivity index (χ1v) is 4.87. The molecule has 1 aromatic rings. The monoisotopic (exact) mass is 211 g/mol. The summed E-state index contributed by atoms with van der Waals surface area (Å²) in [4.78, 5) is 5.95. The molecule has 0 aliphatic carbocycles. The van der Waals surface area contributed by atoms with Gasteiger partial charge in [-0.1, -0.05) is 11.9 Å². The third-order valence-electron chi connectivity index (χ3n) is 1.92. The summed E-state index contributed by atoms with van der Waals surface area (Å²) < 4.78 is 0.600. The van der Waals surface area contributed by atoms with Crippen LogP contribution in [0.2, 0.25) is 0 Å². The Labute approximate surface area is 89.3 Å². The smallest absolute Gasteiger partial charge is 0.348 e. The summed E-state index contributed by atoms with van der Waals surface area (Å²) in [7, 11) is 3.70. The summed E-state index contributed by atoms with van der Waals surface area (Å²) in [5, 5.41) is 14.4. The van der Waals surface area contributed by atoms with Crippen LogP contribution in [-0.2, 0) is 0 Å². The lowest BCUT2D eigenvalue weighted by atomic mass is 10.5. The van der Waals surface area contributed by atoms with E-state index >= 15 is 0 Å². The molecule has 0 amide bonds. The Morgan fingerprint density at radius 1 is 1.60 bits per heavy atom. The quantitative estimate of drug-likeness (QED) is 0.548. The summed E-state index contributed by atoms with van der Waals surface area (Å²) in [5.74, 6) is 1.06. The molecule has 0 radical (unpaired) electrons. The zero-order valence-corrected chi connectivity index (χ0v) is 9.32. The molecular weight excluding hydrogens is 194 g/mol. The molecule has 0 aliphatic heterocycles. The molecule has 84 valence electrons. The number of anilines is 3. The van der Waals surface area contributed by atoms with E-state index in [0.29, 0.717) is 17.1 Å². The molecule has 1 rings (SSSR count). The van der Waals surface area contributed by atoms with Gasteiger partial charge in [-0.3, -0.25) is 5.32 Å². The van der Waals surface area contributed by atoms with Gasteiger partial charge in [0.2, 0.25) is 0 Å². The van der Waals surface area contributed by atoms with E-state index in [1.165, 1.54) is 0 Å². The Morgan fingerprint density at radius 3 is 2.80 bits per heavy atom. The fraction of sp³-hybridized carbons (Fsp3) is 0.556. The Kier molecular flexibility index (Phi) is 3.54. The van der Waals surface area contributed by atoms with Crippen LogP contribution in [0.25, 0.3) is 0 Å². The first-order chi connectivity index (χ1) is 7.06. The maximum Gasteiger partial charge on any atom is 0.348 e. The summed E-state index contributed by atoms with van der Waals surface area (Å²) in [5.41, 5.74) is 5.57. The van der Waals surface area contributed by atoms with Crippen molar-refractivity contribution in [3.8, 4) is 0 Å². The summed E-state index contributed by atoms with van der Waals surface area (Å²) in [6.07, 6.45) is 0.924. The fourth-order valence-electron chi connectivity index (χ4n) is 1.08. The maximum atomic E-state index is 11.5. The SMILES string of the molecule is CCCNc1nc(N(C)C)cc(N)[n+]1[O-]. The van der Waals surface area contributed by atoms with Crippen molar-refractivity contribution in [2.24, 2.45) is 0 Å². The summed E-state index contributed by atoms with van der Waals surface area (Å²) in [6, 6.07) is 1.55. The van der Waals surface area contributed by atoms with Crippen molar-refractivity contribution < 1.29 is 4.73 Å². The highest BCUT2D eigenvalue weighted by Gasteiger charge is 2.11. The van der Waals surface area contributed by atoms with Gasteiger partial charge in [0.25, 0.3) is 0 Å². The molecule has 0 aromatic carbocycles. The molecule has 0 spiro atoms. The van der Waals surface area contributed by atoms with Gasteiger partial charge in [0.1, 0.15) is 0 Å². The van der Waals surface area contributed by atoms with Gasteiger partial charge in [-0.05, 0) is 6.42 Å². The van der Waals surface area contributed by atoms with Crippen molar-refractivity contribution in [2.45, 2.75) is 13.3 Å². The molecular formula is C9H17N5O. The number of nitrogens with one attached hydrogen (secondary N) is 1. The number of nitrogens with zero attached hydrogens (tertiary/aromatic N) is 3. The van der Waals surface area contributed by atoms with E-state index in [1.54, 1.807) is 11.0 Å².